The molecule has 0 spiro atoms. The Labute approximate surface area is 106 Å². The van der Waals surface area contributed by atoms with E-state index >= 15 is 0 Å². The van der Waals surface area contributed by atoms with Crippen molar-refractivity contribution >= 4 is 0 Å². The molecule has 0 aliphatic heterocycles. The molecule has 1 aromatic heterocycles. The number of nitrogens with zero attached hydrogens (tertiary/aromatic N) is 2. The van der Waals surface area contributed by atoms with Crippen LogP contribution in [0.2, 0.25) is 0 Å². The van der Waals surface area contributed by atoms with Crippen molar-refractivity contribution < 1.29 is 4.52 Å². The summed E-state index contributed by atoms with van der Waals surface area (Å²) >= 11 is 0. The minimum absolute atomic E-state index is 0.648. The Hall–Kier alpha value is -1.68. The monoisotopic (exact) mass is 243 g/mol. The van der Waals surface area contributed by atoms with Crippen LogP contribution in [0.5, 0.6) is 0 Å². The van der Waals surface area contributed by atoms with Gasteiger partial charge in [0.05, 0.1) is 6.54 Å². The Balaban J connectivity index is 1.55. The average Bonchev–Trinajstić information content (AvgIpc) is 2.76. The van der Waals surface area contributed by atoms with E-state index in [-0.39, 0.29) is 0 Å². The van der Waals surface area contributed by atoms with E-state index in [0.717, 1.165) is 12.2 Å². The summed E-state index contributed by atoms with van der Waals surface area (Å²) in [5, 5.41) is 7.42. The van der Waals surface area contributed by atoms with E-state index in [1.165, 1.54) is 24.8 Å². The van der Waals surface area contributed by atoms with Gasteiger partial charge in [-0.2, -0.15) is 4.98 Å². The molecule has 3 rings (SSSR count). The van der Waals surface area contributed by atoms with Crippen LogP contribution in [0, 0.1) is 0 Å². The Kier molecular flexibility index (Phi) is 3.37. The van der Waals surface area contributed by atoms with Crippen LogP contribution in [0.3, 0.4) is 0 Å². The topological polar surface area (TPSA) is 51.0 Å². The predicted octanol–water partition coefficient (Wildman–Crippen LogP) is 2.30. The molecule has 0 radical (unpaired) electrons. The number of nitrogens with one attached hydrogen (secondary N) is 1. The van der Waals surface area contributed by atoms with Crippen molar-refractivity contribution in [3.63, 3.8) is 0 Å². The zero-order valence-electron chi connectivity index (χ0n) is 10.3. The molecule has 0 bridgehead atoms. The van der Waals surface area contributed by atoms with Gasteiger partial charge in [-0.1, -0.05) is 41.9 Å². The second-order valence-corrected chi connectivity index (χ2v) is 4.78. The fourth-order valence-electron chi connectivity index (χ4n) is 2.06. The summed E-state index contributed by atoms with van der Waals surface area (Å²) in [6.07, 6.45) is 4.60. The molecule has 1 N–H and O–H groups in total. The lowest BCUT2D eigenvalue weighted by molar-refractivity contribution is 0.304. The fourth-order valence-corrected chi connectivity index (χ4v) is 2.06. The Morgan fingerprint density at radius 1 is 1.22 bits per heavy atom. The van der Waals surface area contributed by atoms with Crippen molar-refractivity contribution in [2.24, 2.45) is 0 Å². The first-order chi connectivity index (χ1) is 8.90. The number of rotatable bonds is 5. The van der Waals surface area contributed by atoms with Crippen molar-refractivity contribution in [1.82, 2.24) is 15.5 Å². The quantitative estimate of drug-likeness (QED) is 0.875. The number of aromatic nitrogens is 2. The summed E-state index contributed by atoms with van der Waals surface area (Å²) in [6, 6.07) is 10.8. The van der Waals surface area contributed by atoms with E-state index in [2.05, 4.69) is 27.6 Å². The Morgan fingerprint density at radius 2 is 2.06 bits per heavy atom. The van der Waals surface area contributed by atoms with Gasteiger partial charge in [0.1, 0.15) is 0 Å². The smallest absolute Gasteiger partial charge is 0.240 e. The van der Waals surface area contributed by atoms with E-state index in [1.807, 2.05) is 18.2 Å². The second-order valence-electron chi connectivity index (χ2n) is 4.78. The van der Waals surface area contributed by atoms with Gasteiger partial charge in [-0.05, 0) is 18.4 Å². The molecule has 4 heteroatoms. The third-order valence-electron chi connectivity index (χ3n) is 3.36. The molecule has 0 unspecified atom stereocenters. The number of hydrogen-bond acceptors (Lipinski definition) is 4. The third-order valence-corrected chi connectivity index (χ3v) is 3.36. The van der Waals surface area contributed by atoms with E-state index in [0.29, 0.717) is 18.5 Å². The fraction of sp³-hybridized carbons (Fsp3) is 0.429. The standard InChI is InChI=1S/C14H17N3O/c1-2-5-11(6-3-1)9-13-16-14(18-17-13)10-15-12-7-4-8-12/h1-3,5-6,12,15H,4,7-10H2. The largest absolute Gasteiger partial charge is 0.338 e. The summed E-state index contributed by atoms with van der Waals surface area (Å²) in [5.41, 5.74) is 1.21. The highest BCUT2D eigenvalue weighted by molar-refractivity contribution is 5.18. The summed E-state index contributed by atoms with van der Waals surface area (Å²) in [4.78, 5) is 4.40. The van der Waals surface area contributed by atoms with E-state index in [4.69, 9.17) is 4.52 Å². The first kappa shape index (κ1) is 11.4. The maximum atomic E-state index is 5.23. The molecule has 18 heavy (non-hydrogen) atoms. The molecule has 4 nitrogen and oxygen atoms in total. The second kappa shape index (κ2) is 5.31. The maximum Gasteiger partial charge on any atom is 0.240 e. The van der Waals surface area contributed by atoms with Crippen molar-refractivity contribution in [2.45, 2.75) is 38.3 Å². The molecule has 0 atom stereocenters. The summed E-state index contributed by atoms with van der Waals surface area (Å²) in [5.74, 6) is 1.44. The van der Waals surface area contributed by atoms with Crippen LogP contribution in [0.15, 0.2) is 34.9 Å². The van der Waals surface area contributed by atoms with Crippen LogP contribution >= 0.6 is 0 Å². The van der Waals surface area contributed by atoms with Crippen LogP contribution in [-0.2, 0) is 13.0 Å². The highest BCUT2D eigenvalue weighted by Crippen LogP contribution is 2.18. The third kappa shape index (κ3) is 2.76. The van der Waals surface area contributed by atoms with Gasteiger partial charge >= 0.3 is 0 Å². The first-order valence-electron chi connectivity index (χ1n) is 6.49. The van der Waals surface area contributed by atoms with Crippen molar-refractivity contribution in [2.75, 3.05) is 0 Å². The van der Waals surface area contributed by atoms with Crippen molar-refractivity contribution in [3.05, 3.63) is 47.6 Å². The summed E-state index contributed by atoms with van der Waals surface area (Å²) in [7, 11) is 0. The lowest BCUT2D eigenvalue weighted by Gasteiger charge is -2.25. The van der Waals surface area contributed by atoms with Crippen molar-refractivity contribution in [1.29, 1.82) is 0 Å². The lowest BCUT2D eigenvalue weighted by Crippen LogP contribution is -2.34. The van der Waals surface area contributed by atoms with Gasteiger partial charge in [0.2, 0.25) is 5.89 Å². The van der Waals surface area contributed by atoms with Gasteiger partial charge < -0.3 is 9.84 Å². The number of benzene rings is 1. The molecule has 1 aliphatic rings. The average molecular weight is 243 g/mol. The van der Waals surface area contributed by atoms with Gasteiger partial charge in [0.25, 0.3) is 0 Å². The lowest BCUT2D eigenvalue weighted by atomic mass is 9.93. The summed E-state index contributed by atoms with van der Waals surface area (Å²) in [6.45, 7) is 0.687. The Morgan fingerprint density at radius 3 is 2.78 bits per heavy atom. The minimum atomic E-state index is 0.648. The highest BCUT2D eigenvalue weighted by Gasteiger charge is 2.17. The van der Waals surface area contributed by atoms with E-state index in [1.54, 1.807) is 0 Å². The van der Waals surface area contributed by atoms with Gasteiger partial charge in [0, 0.05) is 12.5 Å². The van der Waals surface area contributed by atoms with Crippen LogP contribution in [0.25, 0.3) is 0 Å². The Bertz CT molecular complexity index is 491. The molecule has 0 saturated heterocycles. The molecule has 1 aliphatic carbocycles. The SMILES string of the molecule is c1ccc(Cc2noc(CNC3CCC3)n2)cc1. The van der Waals surface area contributed by atoms with Gasteiger partial charge in [0.15, 0.2) is 5.82 Å². The molecule has 2 aromatic rings. The van der Waals surface area contributed by atoms with Crippen LogP contribution in [-0.4, -0.2) is 16.2 Å². The molecular formula is C14H17N3O. The van der Waals surface area contributed by atoms with Crippen molar-refractivity contribution in [3.8, 4) is 0 Å². The van der Waals surface area contributed by atoms with Gasteiger partial charge in [-0.25, -0.2) is 0 Å². The van der Waals surface area contributed by atoms with Gasteiger partial charge in [-0.15, -0.1) is 0 Å². The normalized spacial score (nSPS) is 15.6. The zero-order chi connectivity index (χ0) is 12.2. The molecule has 94 valence electrons. The molecule has 1 aromatic carbocycles. The zero-order valence-corrected chi connectivity index (χ0v) is 10.3. The summed E-state index contributed by atoms with van der Waals surface area (Å²) < 4.78 is 5.23. The van der Waals surface area contributed by atoms with Crippen LogP contribution in [0.1, 0.15) is 36.5 Å². The minimum Gasteiger partial charge on any atom is -0.338 e. The number of hydrogen-bond donors (Lipinski definition) is 1. The molecular weight excluding hydrogens is 226 g/mol. The van der Waals surface area contributed by atoms with Crippen LogP contribution < -0.4 is 5.32 Å². The van der Waals surface area contributed by atoms with E-state index in [9.17, 15) is 0 Å². The first-order valence-corrected chi connectivity index (χ1v) is 6.49. The molecule has 0 amide bonds. The maximum absolute atomic E-state index is 5.23. The molecule has 1 heterocycles. The van der Waals surface area contributed by atoms with Gasteiger partial charge in [-0.3, -0.25) is 0 Å². The highest BCUT2D eigenvalue weighted by atomic mass is 16.5. The molecule has 1 saturated carbocycles. The van der Waals surface area contributed by atoms with Crippen LogP contribution in [0.4, 0.5) is 0 Å². The predicted molar refractivity (Wildman–Crippen MR) is 68.0 cm³/mol. The van der Waals surface area contributed by atoms with E-state index < -0.39 is 0 Å². The molecule has 1 fully saturated rings.